The quantitative estimate of drug-likeness (QED) is 0.749. The van der Waals surface area contributed by atoms with Crippen LogP contribution in [0, 0.1) is 12.8 Å². The Hall–Kier alpha value is -0.450. The van der Waals surface area contributed by atoms with E-state index >= 15 is 0 Å². The van der Waals surface area contributed by atoms with E-state index in [9.17, 15) is 0 Å². The highest BCUT2D eigenvalue weighted by atomic mass is 32.1. The smallest absolute Gasteiger partial charge is 0.0797 e. The average Bonchev–Trinajstić information content (AvgIpc) is 2.73. The Morgan fingerprint density at radius 2 is 2.17 bits per heavy atom. The number of aromatic nitrogens is 1. The van der Waals surface area contributed by atoms with Gasteiger partial charge in [-0.05, 0) is 25.8 Å². The van der Waals surface area contributed by atoms with Crippen LogP contribution in [0.4, 0.5) is 0 Å². The van der Waals surface area contributed by atoms with Gasteiger partial charge in [0.1, 0.15) is 0 Å². The molecule has 0 radical (unpaired) electrons. The fraction of sp³-hybridized carbons (Fsp3) is 0.786. The van der Waals surface area contributed by atoms with Gasteiger partial charge in [0.2, 0.25) is 0 Å². The third-order valence-corrected chi connectivity index (χ3v) is 3.90. The van der Waals surface area contributed by atoms with Crippen molar-refractivity contribution in [2.45, 2.75) is 46.6 Å². The van der Waals surface area contributed by atoms with Crippen molar-refractivity contribution in [2.24, 2.45) is 5.92 Å². The fourth-order valence-corrected chi connectivity index (χ4v) is 2.50. The molecule has 1 aromatic rings. The second-order valence-electron chi connectivity index (χ2n) is 5.06. The van der Waals surface area contributed by atoms with Gasteiger partial charge >= 0.3 is 0 Å². The molecule has 1 heterocycles. The zero-order valence-corrected chi connectivity index (χ0v) is 12.8. The van der Waals surface area contributed by atoms with Gasteiger partial charge in [0, 0.05) is 17.8 Å². The molecule has 0 saturated carbocycles. The molecular weight excluding hydrogens is 244 g/mol. The van der Waals surface area contributed by atoms with Crippen molar-refractivity contribution in [2.75, 3.05) is 19.7 Å². The van der Waals surface area contributed by atoms with Crippen molar-refractivity contribution in [3.63, 3.8) is 0 Å². The highest BCUT2D eigenvalue weighted by molar-refractivity contribution is 7.09. The lowest BCUT2D eigenvalue weighted by atomic mass is 10.2. The topological polar surface area (TPSA) is 34.1 Å². The first kappa shape index (κ1) is 15.6. The molecule has 3 nitrogen and oxygen atoms in total. The fourth-order valence-electron chi connectivity index (χ4n) is 1.74. The Kier molecular flexibility index (Phi) is 7.47. The van der Waals surface area contributed by atoms with Gasteiger partial charge in [-0.15, -0.1) is 11.3 Å². The van der Waals surface area contributed by atoms with Crippen LogP contribution in [0.1, 0.15) is 37.8 Å². The lowest BCUT2D eigenvalue weighted by molar-refractivity contribution is 0.0527. The average molecular weight is 270 g/mol. The molecule has 4 heteroatoms. The summed E-state index contributed by atoms with van der Waals surface area (Å²) in [7, 11) is 0. The molecule has 1 unspecified atom stereocenters. The maximum atomic E-state index is 5.92. The lowest BCUT2D eigenvalue weighted by Gasteiger charge is -2.17. The second kappa shape index (κ2) is 8.62. The highest BCUT2D eigenvalue weighted by Gasteiger charge is 2.08. The summed E-state index contributed by atoms with van der Waals surface area (Å²) in [6.07, 6.45) is 2.38. The SMILES string of the molecule is CCC(CNCC(C)C)OCCc1scnc1C. The minimum atomic E-state index is 0.331. The molecule has 1 N–H and O–H groups in total. The normalized spacial score (nSPS) is 13.2. The maximum absolute atomic E-state index is 5.92. The van der Waals surface area contributed by atoms with Crippen LogP contribution in [0.3, 0.4) is 0 Å². The minimum Gasteiger partial charge on any atom is -0.377 e. The standard InChI is InChI=1S/C14H26N2OS/c1-5-13(9-15-8-11(2)3)17-7-6-14-12(4)16-10-18-14/h10-11,13,15H,5-9H2,1-4H3. The zero-order chi connectivity index (χ0) is 13.4. The summed E-state index contributed by atoms with van der Waals surface area (Å²) in [5.41, 5.74) is 3.06. The molecule has 0 aliphatic rings. The Morgan fingerprint density at radius 3 is 2.72 bits per heavy atom. The van der Waals surface area contributed by atoms with Gasteiger partial charge in [-0.25, -0.2) is 4.98 Å². The van der Waals surface area contributed by atoms with E-state index in [1.54, 1.807) is 11.3 Å². The van der Waals surface area contributed by atoms with Crippen molar-refractivity contribution in [1.82, 2.24) is 10.3 Å². The van der Waals surface area contributed by atoms with Crippen molar-refractivity contribution in [1.29, 1.82) is 0 Å². The van der Waals surface area contributed by atoms with Crippen molar-refractivity contribution < 1.29 is 4.74 Å². The number of hydrogen-bond acceptors (Lipinski definition) is 4. The summed E-state index contributed by atoms with van der Waals surface area (Å²) in [4.78, 5) is 5.60. The third kappa shape index (κ3) is 5.94. The number of ether oxygens (including phenoxy) is 1. The monoisotopic (exact) mass is 270 g/mol. The summed E-state index contributed by atoms with van der Waals surface area (Å²) in [6.45, 7) is 11.5. The Labute approximate surface area is 115 Å². The molecule has 0 spiro atoms. The summed E-state index contributed by atoms with van der Waals surface area (Å²) in [5.74, 6) is 0.697. The molecule has 0 amide bonds. The summed E-state index contributed by atoms with van der Waals surface area (Å²) in [6, 6.07) is 0. The number of aryl methyl sites for hydroxylation is 1. The number of nitrogens with zero attached hydrogens (tertiary/aromatic N) is 1. The maximum Gasteiger partial charge on any atom is 0.0797 e. The predicted molar refractivity (Wildman–Crippen MR) is 78.3 cm³/mol. The van der Waals surface area contributed by atoms with Crippen LogP contribution in [0.25, 0.3) is 0 Å². The van der Waals surface area contributed by atoms with E-state index in [0.29, 0.717) is 12.0 Å². The molecule has 1 atom stereocenters. The molecule has 0 aliphatic heterocycles. The Balaban J connectivity index is 2.17. The number of rotatable bonds is 9. The number of nitrogens with one attached hydrogen (secondary N) is 1. The van der Waals surface area contributed by atoms with E-state index in [0.717, 1.165) is 38.2 Å². The summed E-state index contributed by atoms with van der Waals surface area (Å²) in [5, 5.41) is 3.46. The molecule has 104 valence electrons. The summed E-state index contributed by atoms with van der Waals surface area (Å²) >= 11 is 1.72. The molecule has 18 heavy (non-hydrogen) atoms. The van der Waals surface area contributed by atoms with Gasteiger partial charge in [-0.1, -0.05) is 20.8 Å². The zero-order valence-electron chi connectivity index (χ0n) is 12.0. The number of hydrogen-bond donors (Lipinski definition) is 1. The lowest BCUT2D eigenvalue weighted by Crippen LogP contribution is -2.31. The van der Waals surface area contributed by atoms with Gasteiger partial charge in [-0.3, -0.25) is 0 Å². The van der Waals surface area contributed by atoms with Crippen LogP contribution in [0.2, 0.25) is 0 Å². The van der Waals surface area contributed by atoms with Gasteiger partial charge in [0.05, 0.1) is 23.9 Å². The molecule has 1 rings (SSSR count). The molecule has 0 aromatic carbocycles. The molecule has 0 fully saturated rings. The van der Waals surface area contributed by atoms with E-state index in [2.05, 4.69) is 38.0 Å². The van der Waals surface area contributed by atoms with Crippen LogP contribution in [-0.4, -0.2) is 30.8 Å². The van der Waals surface area contributed by atoms with Crippen molar-refractivity contribution in [3.05, 3.63) is 16.1 Å². The summed E-state index contributed by atoms with van der Waals surface area (Å²) < 4.78 is 5.92. The number of thiazole rings is 1. The first-order valence-electron chi connectivity index (χ1n) is 6.84. The molecule has 0 saturated heterocycles. The largest absolute Gasteiger partial charge is 0.377 e. The minimum absolute atomic E-state index is 0.331. The van der Waals surface area contributed by atoms with Crippen LogP contribution in [0.5, 0.6) is 0 Å². The van der Waals surface area contributed by atoms with Gasteiger partial charge < -0.3 is 10.1 Å². The van der Waals surface area contributed by atoms with Crippen LogP contribution >= 0.6 is 11.3 Å². The van der Waals surface area contributed by atoms with Gasteiger partial charge in [-0.2, -0.15) is 0 Å². The van der Waals surface area contributed by atoms with E-state index < -0.39 is 0 Å². The first-order valence-corrected chi connectivity index (χ1v) is 7.72. The second-order valence-corrected chi connectivity index (χ2v) is 6.00. The van der Waals surface area contributed by atoms with Crippen molar-refractivity contribution in [3.8, 4) is 0 Å². The van der Waals surface area contributed by atoms with Gasteiger partial charge in [0.25, 0.3) is 0 Å². The Bertz CT molecular complexity index is 325. The molecule has 1 aromatic heterocycles. The highest BCUT2D eigenvalue weighted by Crippen LogP contribution is 2.13. The molecule has 0 bridgehead atoms. The predicted octanol–water partition coefficient (Wildman–Crippen LogP) is 3.03. The van der Waals surface area contributed by atoms with Gasteiger partial charge in [0.15, 0.2) is 0 Å². The first-order chi connectivity index (χ1) is 8.63. The van der Waals surface area contributed by atoms with Crippen molar-refractivity contribution >= 4 is 11.3 Å². The van der Waals surface area contributed by atoms with Crippen LogP contribution in [-0.2, 0) is 11.2 Å². The van der Waals surface area contributed by atoms with Crippen LogP contribution in [0.15, 0.2) is 5.51 Å². The third-order valence-electron chi connectivity index (χ3n) is 2.91. The van der Waals surface area contributed by atoms with E-state index in [1.165, 1.54) is 4.88 Å². The van der Waals surface area contributed by atoms with E-state index in [-0.39, 0.29) is 0 Å². The Morgan fingerprint density at radius 1 is 1.39 bits per heavy atom. The molecular formula is C14H26N2OS. The van der Waals surface area contributed by atoms with Crippen LogP contribution < -0.4 is 5.32 Å². The van der Waals surface area contributed by atoms with E-state index in [1.807, 2.05) is 5.51 Å². The van der Waals surface area contributed by atoms with E-state index in [4.69, 9.17) is 4.74 Å². The molecule has 0 aliphatic carbocycles.